The molecule has 0 spiro atoms. The predicted molar refractivity (Wildman–Crippen MR) is 104 cm³/mol. The van der Waals surface area contributed by atoms with Gasteiger partial charge in [-0.25, -0.2) is 0 Å². The minimum absolute atomic E-state index is 0.392. The molecule has 132 valence electrons. The molecule has 2 unspecified atom stereocenters. The molecular formula is C23H28O2. The van der Waals surface area contributed by atoms with Crippen LogP contribution >= 0.6 is 0 Å². The standard InChI is InChI=1S/C23H28O2/c1-2-3-4-12-23(24)21-10-7-11-22(16-21)25-17-18-13-14-19-8-5-6-9-20(19)15-18/h5-11,13-14,16,18,23-24H,2-4,12,15,17H2,1H3. The van der Waals surface area contributed by atoms with E-state index in [4.69, 9.17) is 4.74 Å². The van der Waals surface area contributed by atoms with Crippen LogP contribution in [0.15, 0.2) is 54.6 Å². The highest BCUT2D eigenvalue weighted by molar-refractivity contribution is 5.56. The molecule has 2 aromatic carbocycles. The minimum atomic E-state index is -0.392. The highest BCUT2D eigenvalue weighted by atomic mass is 16.5. The Morgan fingerprint density at radius 1 is 1.12 bits per heavy atom. The molecule has 3 rings (SSSR count). The molecule has 25 heavy (non-hydrogen) atoms. The summed E-state index contributed by atoms with van der Waals surface area (Å²) >= 11 is 0. The fourth-order valence-corrected chi connectivity index (χ4v) is 3.36. The summed E-state index contributed by atoms with van der Waals surface area (Å²) in [6, 6.07) is 16.4. The molecule has 0 saturated carbocycles. The van der Waals surface area contributed by atoms with Crippen LogP contribution in [0.5, 0.6) is 5.75 Å². The second-order valence-corrected chi connectivity index (χ2v) is 6.92. The van der Waals surface area contributed by atoms with Crippen molar-refractivity contribution in [2.75, 3.05) is 6.61 Å². The molecule has 0 aliphatic heterocycles. The number of benzene rings is 2. The normalized spacial score (nSPS) is 17.1. The lowest BCUT2D eigenvalue weighted by atomic mass is 9.90. The Hall–Kier alpha value is -2.06. The number of hydrogen-bond donors (Lipinski definition) is 1. The van der Waals surface area contributed by atoms with Gasteiger partial charge in [0.05, 0.1) is 12.7 Å². The number of aliphatic hydroxyl groups excluding tert-OH is 1. The van der Waals surface area contributed by atoms with Crippen molar-refractivity contribution < 1.29 is 9.84 Å². The average Bonchev–Trinajstić information content (AvgIpc) is 2.66. The fourth-order valence-electron chi connectivity index (χ4n) is 3.36. The first kappa shape index (κ1) is 17.8. The summed E-state index contributed by atoms with van der Waals surface area (Å²) in [6.07, 6.45) is 9.29. The molecular weight excluding hydrogens is 308 g/mol. The molecule has 1 N–H and O–H groups in total. The van der Waals surface area contributed by atoms with Crippen molar-refractivity contribution >= 4 is 6.08 Å². The number of hydrogen-bond acceptors (Lipinski definition) is 2. The molecule has 0 bridgehead atoms. The first-order valence-corrected chi connectivity index (χ1v) is 9.43. The Bertz CT molecular complexity index is 705. The van der Waals surface area contributed by atoms with E-state index in [1.54, 1.807) is 0 Å². The van der Waals surface area contributed by atoms with Crippen molar-refractivity contribution in [1.82, 2.24) is 0 Å². The maximum absolute atomic E-state index is 10.3. The van der Waals surface area contributed by atoms with Gasteiger partial charge in [-0.3, -0.25) is 0 Å². The van der Waals surface area contributed by atoms with E-state index >= 15 is 0 Å². The molecule has 0 saturated heterocycles. The molecule has 0 radical (unpaired) electrons. The lowest BCUT2D eigenvalue weighted by molar-refractivity contribution is 0.163. The number of rotatable bonds is 8. The zero-order valence-electron chi connectivity index (χ0n) is 15.0. The third-order valence-electron chi connectivity index (χ3n) is 4.87. The number of ether oxygens (including phenoxy) is 1. The summed E-state index contributed by atoms with van der Waals surface area (Å²) in [5.74, 6) is 1.24. The van der Waals surface area contributed by atoms with Crippen LogP contribution in [0, 0.1) is 5.92 Å². The first-order chi connectivity index (χ1) is 12.3. The number of unbranched alkanes of at least 4 members (excludes halogenated alkanes) is 2. The van der Waals surface area contributed by atoms with Crippen LogP contribution < -0.4 is 4.74 Å². The molecule has 2 heteroatoms. The van der Waals surface area contributed by atoms with E-state index in [1.165, 1.54) is 24.0 Å². The van der Waals surface area contributed by atoms with Crippen molar-refractivity contribution in [1.29, 1.82) is 0 Å². The van der Waals surface area contributed by atoms with Gasteiger partial charge in [-0.2, -0.15) is 0 Å². The summed E-state index contributed by atoms with van der Waals surface area (Å²) in [6.45, 7) is 2.85. The van der Waals surface area contributed by atoms with Gasteiger partial charge in [0.1, 0.15) is 5.75 Å². The number of aliphatic hydroxyl groups is 1. The van der Waals surface area contributed by atoms with Crippen LogP contribution in [-0.2, 0) is 6.42 Å². The molecule has 0 fully saturated rings. The smallest absolute Gasteiger partial charge is 0.119 e. The Labute approximate surface area is 151 Å². The summed E-state index contributed by atoms with van der Waals surface area (Å²) in [7, 11) is 0. The van der Waals surface area contributed by atoms with Crippen molar-refractivity contribution in [3.8, 4) is 5.75 Å². The Morgan fingerprint density at radius 3 is 2.88 bits per heavy atom. The van der Waals surface area contributed by atoms with E-state index in [0.29, 0.717) is 12.5 Å². The summed E-state index contributed by atoms with van der Waals surface area (Å²) in [5.41, 5.74) is 3.66. The van der Waals surface area contributed by atoms with E-state index in [2.05, 4.69) is 43.3 Å². The van der Waals surface area contributed by atoms with Crippen LogP contribution in [-0.4, -0.2) is 11.7 Å². The van der Waals surface area contributed by atoms with Gasteiger partial charge in [0.2, 0.25) is 0 Å². The van der Waals surface area contributed by atoms with Crippen LogP contribution in [0.1, 0.15) is 55.4 Å². The Kier molecular flexibility index (Phi) is 6.30. The quantitative estimate of drug-likeness (QED) is 0.639. The molecule has 2 atom stereocenters. The van der Waals surface area contributed by atoms with Crippen molar-refractivity contribution in [3.63, 3.8) is 0 Å². The first-order valence-electron chi connectivity index (χ1n) is 9.43. The molecule has 2 aromatic rings. The zero-order chi connectivity index (χ0) is 17.5. The van der Waals surface area contributed by atoms with Crippen LogP contribution in [0.3, 0.4) is 0 Å². The summed E-state index contributed by atoms with van der Waals surface area (Å²) < 4.78 is 6.01. The Morgan fingerprint density at radius 2 is 2.00 bits per heavy atom. The van der Waals surface area contributed by atoms with E-state index in [-0.39, 0.29) is 0 Å². The van der Waals surface area contributed by atoms with Crippen molar-refractivity contribution in [3.05, 3.63) is 71.3 Å². The monoisotopic (exact) mass is 336 g/mol. The molecule has 1 aliphatic carbocycles. The van der Waals surface area contributed by atoms with Gasteiger partial charge >= 0.3 is 0 Å². The van der Waals surface area contributed by atoms with Crippen LogP contribution in [0.2, 0.25) is 0 Å². The van der Waals surface area contributed by atoms with E-state index in [0.717, 1.165) is 30.6 Å². The average molecular weight is 336 g/mol. The molecule has 0 heterocycles. The number of fused-ring (bicyclic) bond motifs is 1. The molecule has 0 amide bonds. The summed E-state index contributed by atoms with van der Waals surface area (Å²) in [5, 5.41) is 10.3. The second-order valence-electron chi connectivity index (χ2n) is 6.92. The van der Waals surface area contributed by atoms with Gasteiger partial charge < -0.3 is 9.84 Å². The van der Waals surface area contributed by atoms with E-state index < -0.39 is 6.10 Å². The second kappa shape index (κ2) is 8.87. The molecule has 2 nitrogen and oxygen atoms in total. The summed E-state index contributed by atoms with van der Waals surface area (Å²) in [4.78, 5) is 0. The maximum Gasteiger partial charge on any atom is 0.119 e. The van der Waals surface area contributed by atoms with E-state index in [9.17, 15) is 5.11 Å². The topological polar surface area (TPSA) is 29.5 Å². The predicted octanol–water partition coefficient (Wildman–Crippen LogP) is 5.56. The molecule has 1 aliphatic rings. The van der Waals surface area contributed by atoms with Gasteiger partial charge in [0.25, 0.3) is 0 Å². The highest BCUT2D eigenvalue weighted by Gasteiger charge is 2.14. The van der Waals surface area contributed by atoms with Crippen LogP contribution in [0.4, 0.5) is 0 Å². The fraction of sp³-hybridized carbons (Fsp3) is 0.391. The van der Waals surface area contributed by atoms with Crippen molar-refractivity contribution in [2.24, 2.45) is 5.92 Å². The lowest BCUT2D eigenvalue weighted by Gasteiger charge is -2.20. The molecule has 0 aromatic heterocycles. The van der Waals surface area contributed by atoms with Gasteiger partial charge in [-0.05, 0) is 41.7 Å². The lowest BCUT2D eigenvalue weighted by Crippen LogP contribution is -2.15. The van der Waals surface area contributed by atoms with Crippen LogP contribution in [0.25, 0.3) is 6.08 Å². The minimum Gasteiger partial charge on any atom is -0.493 e. The van der Waals surface area contributed by atoms with Crippen molar-refractivity contribution in [2.45, 2.75) is 45.1 Å². The highest BCUT2D eigenvalue weighted by Crippen LogP contribution is 2.26. The zero-order valence-corrected chi connectivity index (χ0v) is 15.0. The largest absolute Gasteiger partial charge is 0.493 e. The van der Waals surface area contributed by atoms with Gasteiger partial charge in [0, 0.05) is 5.92 Å². The van der Waals surface area contributed by atoms with Gasteiger partial charge in [0.15, 0.2) is 0 Å². The van der Waals surface area contributed by atoms with E-state index in [1.807, 2.05) is 24.3 Å². The van der Waals surface area contributed by atoms with Gasteiger partial charge in [-0.1, -0.05) is 74.7 Å². The maximum atomic E-state index is 10.3. The third kappa shape index (κ3) is 4.96. The van der Waals surface area contributed by atoms with Gasteiger partial charge in [-0.15, -0.1) is 0 Å². The Balaban J connectivity index is 1.55. The SMILES string of the molecule is CCCCCC(O)c1cccc(OCC2C=Cc3ccccc3C2)c1. The third-order valence-corrected chi connectivity index (χ3v) is 4.87.